The number of hydrogen-bond acceptors (Lipinski definition) is 6. The maximum absolute atomic E-state index is 12.8. The molecule has 1 atom stereocenters. The first-order valence-electron chi connectivity index (χ1n) is 27.7. The van der Waals surface area contributed by atoms with Crippen molar-refractivity contribution in [2.45, 2.75) is 258 Å². The van der Waals surface area contributed by atoms with Crippen molar-refractivity contribution in [3.05, 3.63) is 97.2 Å². The van der Waals surface area contributed by atoms with Crippen molar-refractivity contribution in [3.8, 4) is 0 Å². The third-order valence-electron chi connectivity index (χ3n) is 11.6. The number of hydrogen-bond donors (Lipinski definition) is 0. The van der Waals surface area contributed by atoms with Gasteiger partial charge in [0, 0.05) is 19.3 Å². The molecule has 382 valence electrons. The standard InChI is InChI=1S/C61H102O6/c1-4-7-10-13-16-18-20-22-24-26-27-28-29-30-31-32-33-35-36-38-40-42-45-48-51-54-60(63)66-57-58(56-65-59(62)53-50-47-44-15-12-9-6-3)67-61(64)55-52-49-46-43-41-39-37-34-25-23-21-19-17-14-11-8-5-2/h8,11,17,19-20,22-23,25-27,29-30,37,39,43,46,58H,4-7,9-10,12-16,18,21,24,28,31-36,38,40-42,44-45,47-57H2,1-3H3/b11-8-,19-17-,22-20-,25-23-,27-26-,30-29-,39-37-,46-43-. The lowest BCUT2D eigenvalue weighted by molar-refractivity contribution is -0.167. The van der Waals surface area contributed by atoms with Gasteiger partial charge in [-0.1, -0.05) is 234 Å². The van der Waals surface area contributed by atoms with Gasteiger partial charge in [-0.25, -0.2) is 0 Å². The molecule has 6 nitrogen and oxygen atoms in total. The molecule has 0 saturated carbocycles. The molecule has 0 aliphatic heterocycles. The zero-order chi connectivity index (χ0) is 48.6. The van der Waals surface area contributed by atoms with Gasteiger partial charge in [-0.3, -0.25) is 14.4 Å². The van der Waals surface area contributed by atoms with Gasteiger partial charge in [0.05, 0.1) is 0 Å². The molecule has 0 aromatic carbocycles. The van der Waals surface area contributed by atoms with E-state index in [1.54, 1.807) is 0 Å². The van der Waals surface area contributed by atoms with Crippen LogP contribution < -0.4 is 0 Å². The molecule has 0 radical (unpaired) electrons. The summed E-state index contributed by atoms with van der Waals surface area (Å²) in [6.07, 6.45) is 72.8. The van der Waals surface area contributed by atoms with Crippen LogP contribution in [0.4, 0.5) is 0 Å². The summed E-state index contributed by atoms with van der Waals surface area (Å²) in [5.41, 5.74) is 0. The van der Waals surface area contributed by atoms with Crippen LogP contribution in [0.1, 0.15) is 252 Å². The Hall–Kier alpha value is -3.67. The summed E-state index contributed by atoms with van der Waals surface area (Å²) in [6, 6.07) is 0. The number of unbranched alkanes of at least 4 members (excludes halogenated alkanes) is 22. The third-order valence-corrected chi connectivity index (χ3v) is 11.6. The highest BCUT2D eigenvalue weighted by molar-refractivity contribution is 5.71. The molecular formula is C61H102O6. The van der Waals surface area contributed by atoms with Gasteiger partial charge in [0.25, 0.3) is 0 Å². The summed E-state index contributed by atoms with van der Waals surface area (Å²) in [5, 5.41) is 0. The minimum atomic E-state index is -0.806. The van der Waals surface area contributed by atoms with Gasteiger partial charge in [-0.2, -0.15) is 0 Å². The van der Waals surface area contributed by atoms with Crippen LogP contribution in [0, 0.1) is 0 Å². The van der Waals surface area contributed by atoms with Gasteiger partial charge in [0.1, 0.15) is 13.2 Å². The van der Waals surface area contributed by atoms with Gasteiger partial charge in [-0.05, 0) is 96.3 Å². The predicted octanol–water partition coefficient (Wildman–Crippen LogP) is 18.5. The van der Waals surface area contributed by atoms with Crippen molar-refractivity contribution in [2.24, 2.45) is 0 Å². The van der Waals surface area contributed by atoms with Crippen molar-refractivity contribution in [3.63, 3.8) is 0 Å². The molecule has 0 amide bonds. The molecule has 1 unspecified atom stereocenters. The Labute approximate surface area is 413 Å². The molecule has 0 fully saturated rings. The van der Waals surface area contributed by atoms with Crippen molar-refractivity contribution in [2.75, 3.05) is 13.2 Å². The van der Waals surface area contributed by atoms with Crippen LogP contribution >= 0.6 is 0 Å². The summed E-state index contributed by atoms with van der Waals surface area (Å²) in [7, 11) is 0. The highest BCUT2D eigenvalue weighted by Gasteiger charge is 2.19. The minimum absolute atomic E-state index is 0.101. The average molecular weight is 931 g/mol. The first-order valence-corrected chi connectivity index (χ1v) is 27.7. The lowest BCUT2D eigenvalue weighted by atomic mass is 10.1. The molecule has 0 aromatic heterocycles. The van der Waals surface area contributed by atoms with Gasteiger partial charge in [0.2, 0.25) is 0 Å². The molecule has 0 rings (SSSR count). The zero-order valence-corrected chi connectivity index (χ0v) is 43.6. The second kappa shape index (κ2) is 54.9. The maximum atomic E-state index is 12.8. The van der Waals surface area contributed by atoms with E-state index in [1.165, 1.54) is 116 Å². The van der Waals surface area contributed by atoms with Crippen LogP contribution in [-0.4, -0.2) is 37.2 Å². The Morgan fingerprint density at radius 2 is 0.597 bits per heavy atom. The molecule has 0 aromatic rings. The third kappa shape index (κ3) is 53.2. The molecule has 0 aliphatic rings. The van der Waals surface area contributed by atoms with E-state index in [0.29, 0.717) is 19.3 Å². The number of esters is 3. The van der Waals surface area contributed by atoms with Crippen LogP contribution in [-0.2, 0) is 28.6 Å². The molecule has 6 heteroatoms. The van der Waals surface area contributed by atoms with E-state index in [4.69, 9.17) is 14.2 Å². The highest BCUT2D eigenvalue weighted by atomic mass is 16.6. The quantitative estimate of drug-likeness (QED) is 0.0262. The fourth-order valence-electron chi connectivity index (χ4n) is 7.43. The largest absolute Gasteiger partial charge is 0.462 e. The van der Waals surface area contributed by atoms with E-state index in [0.717, 1.165) is 89.9 Å². The number of rotatable bonds is 49. The number of ether oxygens (including phenoxy) is 3. The monoisotopic (exact) mass is 931 g/mol. The first-order chi connectivity index (χ1) is 33.0. The van der Waals surface area contributed by atoms with E-state index in [1.807, 2.05) is 0 Å². The van der Waals surface area contributed by atoms with Gasteiger partial charge in [-0.15, -0.1) is 0 Å². The average Bonchev–Trinajstić information content (AvgIpc) is 3.33. The van der Waals surface area contributed by atoms with Crippen LogP contribution in [0.15, 0.2) is 97.2 Å². The topological polar surface area (TPSA) is 78.9 Å². The minimum Gasteiger partial charge on any atom is -0.462 e. The van der Waals surface area contributed by atoms with Crippen LogP contribution in [0.25, 0.3) is 0 Å². The normalized spacial score (nSPS) is 12.8. The van der Waals surface area contributed by atoms with Crippen LogP contribution in [0.5, 0.6) is 0 Å². The van der Waals surface area contributed by atoms with E-state index < -0.39 is 6.10 Å². The van der Waals surface area contributed by atoms with Crippen molar-refractivity contribution in [1.82, 2.24) is 0 Å². The van der Waals surface area contributed by atoms with E-state index in [-0.39, 0.29) is 37.5 Å². The fraction of sp³-hybridized carbons (Fsp3) is 0.689. The van der Waals surface area contributed by atoms with Crippen LogP contribution in [0.3, 0.4) is 0 Å². The SMILES string of the molecule is CC/C=C\C/C=C\C/C=C\C/C=C\C/C=C\CCCC(=O)OC(COC(=O)CCCCCCCCC)COC(=O)CCCCCCCCCCCC/C=C\C/C=C\C/C=C\CCCCCCC. The maximum Gasteiger partial charge on any atom is 0.306 e. The molecule has 0 spiro atoms. The number of carbonyl (C=O) groups excluding carboxylic acids is 3. The lowest BCUT2D eigenvalue weighted by Gasteiger charge is -2.18. The number of carbonyl (C=O) groups is 3. The van der Waals surface area contributed by atoms with Crippen molar-refractivity contribution < 1.29 is 28.6 Å². The molecule has 0 N–H and O–H groups in total. The molecule has 0 heterocycles. The van der Waals surface area contributed by atoms with E-state index in [9.17, 15) is 14.4 Å². The molecule has 0 bridgehead atoms. The molecule has 0 aliphatic carbocycles. The Bertz CT molecular complexity index is 1350. The first kappa shape index (κ1) is 63.3. The summed E-state index contributed by atoms with van der Waals surface area (Å²) >= 11 is 0. The zero-order valence-electron chi connectivity index (χ0n) is 43.6. The Morgan fingerprint density at radius 1 is 0.313 bits per heavy atom. The van der Waals surface area contributed by atoms with E-state index >= 15 is 0 Å². The summed E-state index contributed by atoms with van der Waals surface area (Å²) in [4.78, 5) is 37.9. The fourth-order valence-corrected chi connectivity index (χ4v) is 7.43. The van der Waals surface area contributed by atoms with Gasteiger partial charge >= 0.3 is 17.9 Å². The summed E-state index contributed by atoms with van der Waals surface area (Å²) < 4.78 is 16.7. The smallest absolute Gasteiger partial charge is 0.306 e. The lowest BCUT2D eigenvalue weighted by Crippen LogP contribution is -2.30. The van der Waals surface area contributed by atoms with Gasteiger partial charge in [0.15, 0.2) is 6.10 Å². The Kier molecular flexibility index (Phi) is 51.9. The predicted molar refractivity (Wildman–Crippen MR) is 288 cm³/mol. The van der Waals surface area contributed by atoms with Crippen molar-refractivity contribution >= 4 is 17.9 Å². The Balaban J connectivity index is 4.27. The summed E-state index contributed by atoms with van der Waals surface area (Å²) in [5.74, 6) is -0.972. The molecular weight excluding hydrogens is 829 g/mol. The van der Waals surface area contributed by atoms with Gasteiger partial charge < -0.3 is 14.2 Å². The van der Waals surface area contributed by atoms with E-state index in [2.05, 4.69) is 118 Å². The van der Waals surface area contributed by atoms with Crippen molar-refractivity contribution in [1.29, 1.82) is 0 Å². The number of allylic oxidation sites excluding steroid dienone is 16. The summed E-state index contributed by atoms with van der Waals surface area (Å²) in [6.45, 7) is 6.42. The second-order valence-corrected chi connectivity index (χ2v) is 18.1. The highest BCUT2D eigenvalue weighted by Crippen LogP contribution is 2.14. The van der Waals surface area contributed by atoms with Crippen LogP contribution in [0.2, 0.25) is 0 Å². The molecule has 0 saturated heterocycles. The second-order valence-electron chi connectivity index (χ2n) is 18.1. The molecule has 67 heavy (non-hydrogen) atoms. The Morgan fingerprint density at radius 3 is 0.955 bits per heavy atom.